The first-order valence-electron chi connectivity index (χ1n) is 13.7. The molecule has 0 spiro atoms. The molecule has 2 unspecified atom stereocenters. The molecule has 12 nitrogen and oxygen atoms in total. The minimum Gasteiger partial charge on any atom is -0.426 e. The molecule has 236 valence electrons. The van der Waals surface area contributed by atoms with Gasteiger partial charge in [-0.15, -0.1) is 4.52 Å². The van der Waals surface area contributed by atoms with E-state index in [1.54, 1.807) is 43.0 Å². The van der Waals surface area contributed by atoms with Gasteiger partial charge in [0.2, 0.25) is 18.0 Å². The molecule has 1 aliphatic heterocycles. The van der Waals surface area contributed by atoms with Crippen LogP contribution >= 0.6 is 19.6 Å². The smallest absolute Gasteiger partial charge is 0.426 e. The van der Waals surface area contributed by atoms with Crippen molar-refractivity contribution in [2.75, 3.05) is 26.4 Å². The maximum absolute atomic E-state index is 13.6. The Morgan fingerprint density at radius 3 is 2.29 bits per heavy atom. The second-order valence-corrected chi connectivity index (χ2v) is 15.1. The van der Waals surface area contributed by atoms with E-state index in [1.807, 2.05) is 27.7 Å². The second-order valence-electron chi connectivity index (χ2n) is 12.7. The van der Waals surface area contributed by atoms with Gasteiger partial charge in [-0.1, -0.05) is 51.4 Å². The van der Waals surface area contributed by atoms with Crippen LogP contribution in [0.25, 0.3) is 0 Å². The van der Waals surface area contributed by atoms with Crippen LogP contribution in [-0.4, -0.2) is 71.5 Å². The highest BCUT2D eigenvalue weighted by molar-refractivity contribution is 7.40. The summed E-state index contributed by atoms with van der Waals surface area (Å²) in [6.45, 7) is 13.5. The third kappa shape index (κ3) is 9.50. The standard InChI is InChI=1S/C28H44ClN4O8P/c1-18(2)21(22(34)33-14-13-28(37,25(3,4)16-33)19-9-11-20(29)12-10-19)32-23(35)31-15-26(5,6)41-24(36)39-17-40-42(38)27(7,8)30/h9-12,18,21,37H,13-17,30H2,1-8H3,(H-,31,32,35)/p+1/t21?,28-/m0/s1. The Bertz CT molecular complexity index is 1140. The molecule has 3 atom stereocenters. The summed E-state index contributed by atoms with van der Waals surface area (Å²) in [6.07, 6.45) is -0.765. The monoisotopic (exact) mass is 631 g/mol. The normalized spacial score (nSPS) is 20.0. The number of carbonyl (C=O) groups is 3. The molecule has 1 aromatic carbocycles. The van der Waals surface area contributed by atoms with Gasteiger partial charge in [-0.05, 0) is 48.4 Å². The van der Waals surface area contributed by atoms with Crippen LogP contribution in [0.1, 0.15) is 67.4 Å². The van der Waals surface area contributed by atoms with E-state index in [1.165, 1.54) is 13.8 Å². The highest BCUT2D eigenvalue weighted by Crippen LogP contribution is 2.46. The lowest BCUT2D eigenvalue weighted by atomic mass is 9.66. The van der Waals surface area contributed by atoms with Crippen molar-refractivity contribution in [2.24, 2.45) is 17.1 Å². The Hall–Kier alpha value is -2.50. The molecule has 3 amide bonds. The largest absolute Gasteiger partial charge is 0.533 e. The molecule has 0 saturated carbocycles. The van der Waals surface area contributed by atoms with Crippen LogP contribution in [-0.2, 0) is 29.0 Å². The fraction of sp³-hybridized carbons (Fsp3) is 0.679. The minimum absolute atomic E-state index is 0.0945. The van der Waals surface area contributed by atoms with Crippen molar-refractivity contribution in [1.82, 2.24) is 15.5 Å². The van der Waals surface area contributed by atoms with Gasteiger partial charge in [-0.3, -0.25) is 10.5 Å². The molecule has 2 rings (SSSR count). The van der Waals surface area contributed by atoms with Crippen LogP contribution in [0.15, 0.2) is 24.3 Å². The third-order valence-corrected chi connectivity index (χ3v) is 8.69. The number of aliphatic hydroxyl groups is 1. The van der Waals surface area contributed by atoms with Crippen molar-refractivity contribution in [3.05, 3.63) is 34.9 Å². The highest BCUT2D eigenvalue weighted by atomic mass is 35.5. The Kier molecular flexibility index (Phi) is 11.8. The molecule has 14 heteroatoms. The van der Waals surface area contributed by atoms with Crippen molar-refractivity contribution in [1.29, 1.82) is 0 Å². The molecular weight excluding hydrogens is 587 g/mol. The van der Waals surface area contributed by atoms with E-state index in [9.17, 15) is 24.1 Å². The summed E-state index contributed by atoms with van der Waals surface area (Å²) in [4.78, 5) is 40.0. The number of amides is 3. The van der Waals surface area contributed by atoms with Crippen molar-refractivity contribution in [3.63, 3.8) is 0 Å². The highest BCUT2D eigenvalue weighted by Gasteiger charge is 2.50. The van der Waals surface area contributed by atoms with Crippen LogP contribution in [0.4, 0.5) is 9.59 Å². The fourth-order valence-electron chi connectivity index (χ4n) is 4.55. The van der Waals surface area contributed by atoms with E-state index >= 15 is 0 Å². The van der Waals surface area contributed by atoms with Gasteiger partial charge in [0.15, 0.2) is 0 Å². The van der Waals surface area contributed by atoms with Gasteiger partial charge >= 0.3 is 20.2 Å². The van der Waals surface area contributed by atoms with E-state index in [0.29, 0.717) is 18.0 Å². The van der Waals surface area contributed by atoms with Gasteiger partial charge < -0.3 is 30.1 Å². The average molecular weight is 632 g/mol. The number of nitrogens with two attached hydrogens (primary N) is 1. The predicted octanol–water partition coefficient (Wildman–Crippen LogP) is 4.45. The van der Waals surface area contributed by atoms with Gasteiger partial charge in [0.25, 0.3) is 0 Å². The predicted molar refractivity (Wildman–Crippen MR) is 159 cm³/mol. The van der Waals surface area contributed by atoms with Crippen LogP contribution < -0.4 is 16.4 Å². The summed E-state index contributed by atoms with van der Waals surface area (Å²) in [7, 11) is -2.27. The van der Waals surface area contributed by atoms with Crippen LogP contribution in [0, 0.1) is 11.3 Å². The van der Waals surface area contributed by atoms with Crippen molar-refractivity contribution < 1.29 is 38.1 Å². The Balaban J connectivity index is 1.93. The van der Waals surface area contributed by atoms with Gasteiger partial charge in [-0.25, -0.2) is 9.59 Å². The maximum atomic E-state index is 13.6. The number of carbonyl (C=O) groups excluding carboxylic acids is 3. The molecule has 1 aromatic rings. The first-order valence-corrected chi connectivity index (χ1v) is 15.3. The Labute approximate surface area is 253 Å². The molecule has 1 aliphatic rings. The lowest BCUT2D eigenvalue weighted by Crippen LogP contribution is -2.61. The number of hydrogen-bond donors (Lipinski definition) is 4. The Morgan fingerprint density at radius 1 is 1.17 bits per heavy atom. The first-order chi connectivity index (χ1) is 19.2. The topological polar surface area (TPSA) is 170 Å². The SMILES string of the molecule is CC(C)C(NC(=O)NCC(C)(C)OC(=O)OCO[P+](=O)C(C)(C)N)C(=O)N1CC[C@](O)(c2ccc(Cl)cc2)C(C)(C)C1. The van der Waals surface area contributed by atoms with E-state index in [0.717, 1.165) is 5.56 Å². The summed E-state index contributed by atoms with van der Waals surface area (Å²) in [5, 5.41) is 16.5. The van der Waals surface area contributed by atoms with Crippen molar-refractivity contribution >= 4 is 37.7 Å². The molecule has 0 bridgehead atoms. The van der Waals surface area contributed by atoms with E-state index in [2.05, 4.69) is 10.6 Å². The lowest BCUT2D eigenvalue weighted by Gasteiger charge is -2.51. The summed E-state index contributed by atoms with van der Waals surface area (Å²) in [5.74, 6) is -0.489. The fourth-order valence-corrected chi connectivity index (χ4v) is 5.15. The number of halogens is 1. The number of rotatable bonds is 11. The molecular formula is C28H45ClN4O8P+. The zero-order valence-electron chi connectivity index (χ0n) is 25.7. The minimum atomic E-state index is -2.27. The zero-order chi connectivity index (χ0) is 32.1. The quantitative estimate of drug-likeness (QED) is 0.156. The van der Waals surface area contributed by atoms with Gasteiger partial charge in [-0.2, -0.15) is 0 Å². The maximum Gasteiger partial charge on any atom is 0.533 e. The molecule has 1 saturated heterocycles. The molecule has 1 heterocycles. The van der Waals surface area contributed by atoms with E-state index < -0.39 is 54.9 Å². The molecule has 0 aliphatic carbocycles. The summed E-state index contributed by atoms with van der Waals surface area (Å²) >= 11 is 6.03. The molecule has 0 radical (unpaired) electrons. The summed E-state index contributed by atoms with van der Waals surface area (Å²) < 4.78 is 26.7. The Morgan fingerprint density at radius 2 is 1.76 bits per heavy atom. The molecule has 1 fully saturated rings. The molecule has 42 heavy (non-hydrogen) atoms. The van der Waals surface area contributed by atoms with Crippen LogP contribution in [0.2, 0.25) is 5.02 Å². The summed E-state index contributed by atoms with van der Waals surface area (Å²) in [6, 6.07) is 5.62. The number of nitrogens with zero attached hydrogens (tertiary/aromatic N) is 1. The lowest BCUT2D eigenvalue weighted by molar-refractivity contribution is -0.155. The van der Waals surface area contributed by atoms with Crippen LogP contribution in [0.5, 0.6) is 0 Å². The van der Waals surface area contributed by atoms with Gasteiger partial charge in [0.1, 0.15) is 11.6 Å². The third-order valence-electron chi connectivity index (χ3n) is 7.15. The second kappa shape index (κ2) is 13.9. The van der Waals surface area contributed by atoms with E-state index in [-0.39, 0.29) is 24.9 Å². The average Bonchev–Trinajstić information content (AvgIpc) is 2.86. The van der Waals surface area contributed by atoms with Gasteiger partial charge in [0, 0.05) is 37.4 Å². The number of benzene rings is 1. The number of nitrogens with one attached hydrogen (secondary N) is 2. The number of likely N-dealkylation sites (tertiary alicyclic amines) is 1. The van der Waals surface area contributed by atoms with Crippen molar-refractivity contribution in [3.8, 4) is 0 Å². The molecule has 0 aromatic heterocycles. The first kappa shape index (κ1) is 35.7. The number of urea groups is 1. The van der Waals surface area contributed by atoms with E-state index in [4.69, 9.17) is 31.3 Å². The zero-order valence-corrected chi connectivity index (χ0v) is 27.3. The molecule has 5 N–H and O–H groups in total. The van der Waals surface area contributed by atoms with Crippen molar-refractivity contribution in [2.45, 2.75) is 84.3 Å². The van der Waals surface area contributed by atoms with Crippen LogP contribution in [0.3, 0.4) is 0 Å². The number of piperidine rings is 1. The van der Waals surface area contributed by atoms with Gasteiger partial charge in [0.05, 0.1) is 12.1 Å². The number of ether oxygens (including phenoxy) is 2. The summed E-state index contributed by atoms with van der Waals surface area (Å²) in [5.41, 5.74) is 3.37. The number of hydrogen-bond acceptors (Lipinski definition) is 9.